The first-order chi connectivity index (χ1) is 8.41. The number of likely N-dealkylation sites (N-methyl/N-ethyl adjacent to an activating group) is 1. The topological polar surface area (TPSA) is 40.6 Å². The third-order valence-electron chi connectivity index (χ3n) is 2.99. The van der Waals surface area contributed by atoms with Gasteiger partial charge in [-0.25, -0.2) is 8.42 Å². The molecule has 1 aromatic carbocycles. The Kier molecular flexibility index (Phi) is 4.18. The van der Waals surface area contributed by atoms with Crippen LogP contribution in [0, 0.1) is 0 Å². The maximum Gasteiger partial charge on any atom is 0.243 e. The Balaban J connectivity index is 2.27. The first kappa shape index (κ1) is 14.1. The Hall–Kier alpha value is -0.330. The summed E-state index contributed by atoms with van der Waals surface area (Å²) in [6.45, 7) is 2.47. The monoisotopic (exact) mass is 308 g/mol. The smallest absolute Gasteiger partial charge is 0.243 e. The van der Waals surface area contributed by atoms with Gasteiger partial charge in [-0.15, -0.1) is 0 Å². The molecule has 0 radical (unpaired) electrons. The molecule has 18 heavy (non-hydrogen) atoms. The zero-order valence-corrected chi connectivity index (χ0v) is 12.3. The highest BCUT2D eigenvalue weighted by molar-refractivity contribution is 7.89. The first-order valence-corrected chi connectivity index (χ1v) is 7.74. The van der Waals surface area contributed by atoms with Gasteiger partial charge >= 0.3 is 0 Å². The van der Waals surface area contributed by atoms with Gasteiger partial charge in [0.15, 0.2) is 0 Å². The lowest BCUT2D eigenvalue weighted by Gasteiger charge is -2.31. The largest absolute Gasteiger partial charge is 0.304 e. The van der Waals surface area contributed by atoms with Gasteiger partial charge in [-0.1, -0.05) is 23.2 Å². The Morgan fingerprint density at radius 2 is 1.67 bits per heavy atom. The molecule has 7 heteroatoms. The standard InChI is InChI=1S/C11H14Cl2N2O2S/c1-14-4-6-15(7-5-14)18(16,17)9-2-3-10(12)11(13)8-9/h2-3,8H,4-7H2,1H3. The van der Waals surface area contributed by atoms with Crippen molar-refractivity contribution in [2.45, 2.75) is 4.90 Å². The van der Waals surface area contributed by atoms with Crippen molar-refractivity contribution in [3.8, 4) is 0 Å². The van der Waals surface area contributed by atoms with Crippen LogP contribution in [0.4, 0.5) is 0 Å². The van der Waals surface area contributed by atoms with Crippen LogP contribution in [-0.2, 0) is 10.0 Å². The average molecular weight is 309 g/mol. The maximum absolute atomic E-state index is 12.4. The molecule has 100 valence electrons. The molecule has 1 aromatic rings. The molecule has 0 atom stereocenters. The number of nitrogens with zero attached hydrogens (tertiary/aromatic N) is 2. The van der Waals surface area contributed by atoms with E-state index in [1.54, 1.807) is 0 Å². The van der Waals surface area contributed by atoms with Gasteiger partial charge in [0.2, 0.25) is 10.0 Å². The van der Waals surface area contributed by atoms with Crippen LogP contribution in [0.2, 0.25) is 10.0 Å². The van der Waals surface area contributed by atoms with E-state index in [1.165, 1.54) is 22.5 Å². The molecule has 4 nitrogen and oxygen atoms in total. The van der Waals surface area contributed by atoms with E-state index in [9.17, 15) is 8.42 Å². The zero-order chi connectivity index (χ0) is 13.3. The summed E-state index contributed by atoms with van der Waals surface area (Å²) < 4.78 is 26.2. The number of piperazine rings is 1. The third-order valence-corrected chi connectivity index (χ3v) is 5.62. The van der Waals surface area contributed by atoms with Crippen LogP contribution in [0.5, 0.6) is 0 Å². The van der Waals surface area contributed by atoms with Gasteiger partial charge in [0.25, 0.3) is 0 Å². The van der Waals surface area contributed by atoms with Crippen molar-refractivity contribution in [1.29, 1.82) is 0 Å². The minimum atomic E-state index is -3.46. The number of sulfonamides is 1. The first-order valence-electron chi connectivity index (χ1n) is 5.55. The summed E-state index contributed by atoms with van der Waals surface area (Å²) in [4.78, 5) is 2.29. The highest BCUT2D eigenvalue weighted by Gasteiger charge is 2.27. The number of hydrogen-bond acceptors (Lipinski definition) is 3. The van der Waals surface area contributed by atoms with Crippen molar-refractivity contribution in [3.63, 3.8) is 0 Å². The van der Waals surface area contributed by atoms with Crippen LogP contribution in [0.15, 0.2) is 23.1 Å². The van der Waals surface area contributed by atoms with E-state index in [2.05, 4.69) is 4.90 Å². The molecular formula is C11H14Cl2N2O2S. The fraction of sp³-hybridized carbons (Fsp3) is 0.455. The number of hydrogen-bond donors (Lipinski definition) is 0. The SMILES string of the molecule is CN1CCN(S(=O)(=O)c2ccc(Cl)c(Cl)c2)CC1. The zero-order valence-electron chi connectivity index (χ0n) is 9.94. The second-order valence-corrected chi connectivity index (χ2v) is 7.04. The normalized spacial score (nSPS) is 19.1. The quantitative estimate of drug-likeness (QED) is 0.838. The number of halogens is 2. The lowest BCUT2D eigenvalue weighted by Crippen LogP contribution is -2.46. The molecule has 1 aliphatic rings. The molecule has 2 rings (SSSR count). The number of benzene rings is 1. The van der Waals surface area contributed by atoms with Crippen molar-refractivity contribution < 1.29 is 8.42 Å². The molecular weight excluding hydrogens is 295 g/mol. The molecule has 0 aliphatic carbocycles. The molecule has 0 spiro atoms. The molecule has 1 saturated heterocycles. The predicted molar refractivity (Wildman–Crippen MR) is 72.7 cm³/mol. The van der Waals surface area contributed by atoms with E-state index in [-0.39, 0.29) is 9.92 Å². The second-order valence-electron chi connectivity index (χ2n) is 4.28. The summed E-state index contributed by atoms with van der Waals surface area (Å²) in [5, 5.41) is 0.612. The van der Waals surface area contributed by atoms with Gasteiger partial charge in [0, 0.05) is 26.2 Å². The fourth-order valence-corrected chi connectivity index (χ4v) is 3.63. The average Bonchev–Trinajstić information content (AvgIpc) is 2.33. The maximum atomic E-state index is 12.4. The summed E-state index contributed by atoms with van der Waals surface area (Å²) in [7, 11) is -1.49. The fourth-order valence-electron chi connectivity index (χ4n) is 1.81. The lowest BCUT2D eigenvalue weighted by molar-refractivity contribution is 0.222. The van der Waals surface area contributed by atoms with Crippen LogP contribution >= 0.6 is 23.2 Å². The van der Waals surface area contributed by atoms with E-state index < -0.39 is 10.0 Å². The highest BCUT2D eigenvalue weighted by atomic mass is 35.5. The van der Waals surface area contributed by atoms with Crippen molar-refractivity contribution in [1.82, 2.24) is 9.21 Å². The Morgan fingerprint density at radius 3 is 2.22 bits per heavy atom. The second kappa shape index (κ2) is 5.35. The number of rotatable bonds is 2. The van der Waals surface area contributed by atoms with Crippen LogP contribution < -0.4 is 0 Å². The molecule has 1 fully saturated rings. The molecule has 0 N–H and O–H groups in total. The molecule has 1 aliphatic heterocycles. The van der Waals surface area contributed by atoms with Crippen LogP contribution in [0.25, 0.3) is 0 Å². The van der Waals surface area contributed by atoms with Crippen molar-refractivity contribution in [2.24, 2.45) is 0 Å². The van der Waals surface area contributed by atoms with E-state index in [0.29, 0.717) is 18.1 Å². The Morgan fingerprint density at radius 1 is 1.06 bits per heavy atom. The molecule has 0 amide bonds. The van der Waals surface area contributed by atoms with Crippen LogP contribution in [0.1, 0.15) is 0 Å². The van der Waals surface area contributed by atoms with Crippen molar-refractivity contribution in [2.75, 3.05) is 33.2 Å². The predicted octanol–water partition coefficient (Wildman–Crippen LogP) is 1.93. The van der Waals surface area contributed by atoms with Crippen molar-refractivity contribution >= 4 is 33.2 Å². The summed E-state index contributed by atoms with van der Waals surface area (Å²) in [6, 6.07) is 4.40. The van der Waals surface area contributed by atoms with Gasteiger partial charge < -0.3 is 4.90 Å². The van der Waals surface area contributed by atoms with Crippen molar-refractivity contribution in [3.05, 3.63) is 28.2 Å². The summed E-state index contributed by atoms with van der Waals surface area (Å²) in [6.07, 6.45) is 0. The molecule has 0 unspecified atom stereocenters. The Bertz CT molecular complexity index is 540. The van der Waals surface area contributed by atoms with E-state index in [0.717, 1.165) is 13.1 Å². The third kappa shape index (κ3) is 2.81. The van der Waals surface area contributed by atoms with E-state index in [1.807, 2.05) is 7.05 Å². The van der Waals surface area contributed by atoms with Gasteiger partial charge in [-0.2, -0.15) is 4.31 Å². The summed E-state index contributed by atoms with van der Waals surface area (Å²) >= 11 is 11.6. The molecule has 0 bridgehead atoms. The summed E-state index contributed by atoms with van der Waals surface area (Å²) in [5.41, 5.74) is 0. The minimum Gasteiger partial charge on any atom is -0.304 e. The summed E-state index contributed by atoms with van der Waals surface area (Å²) in [5.74, 6) is 0. The minimum absolute atomic E-state index is 0.196. The Labute approximate surface area is 117 Å². The van der Waals surface area contributed by atoms with Gasteiger partial charge in [-0.3, -0.25) is 0 Å². The molecule has 0 saturated carbocycles. The van der Waals surface area contributed by atoms with E-state index in [4.69, 9.17) is 23.2 Å². The molecule has 0 aromatic heterocycles. The van der Waals surface area contributed by atoms with Gasteiger partial charge in [0.1, 0.15) is 0 Å². The van der Waals surface area contributed by atoms with Gasteiger partial charge in [-0.05, 0) is 25.2 Å². The highest BCUT2D eigenvalue weighted by Crippen LogP contribution is 2.26. The lowest BCUT2D eigenvalue weighted by atomic mass is 10.4. The van der Waals surface area contributed by atoms with Gasteiger partial charge in [0.05, 0.1) is 14.9 Å². The van der Waals surface area contributed by atoms with Crippen LogP contribution in [-0.4, -0.2) is 50.8 Å². The molecule has 1 heterocycles. The van der Waals surface area contributed by atoms with Crippen LogP contribution in [0.3, 0.4) is 0 Å². The van der Waals surface area contributed by atoms with E-state index >= 15 is 0 Å².